The van der Waals surface area contributed by atoms with Crippen LogP contribution in [-0.2, 0) is 53.9 Å². The van der Waals surface area contributed by atoms with Gasteiger partial charge in [0.25, 0.3) is 11.8 Å². The highest BCUT2D eigenvalue weighted by atomic mass is 16.7. The maximum atomic E-state index is 14.5. The molecule has 1 aliphatic heterocycles. The third-order valence-corrected chi connectivity index (χ3v) is 12.6. The number of nitrogens with one attached hydrogen (secondary N) is 2. The number of carbonyl (C=O) groups is 2. The first-order chi connectivity index (χ1) is 38.2. The summed E-state index contributed by atoms with van der Waals surface area (Å²) in [6, 6.07) is 65.2. The maximum absolute atomic E-state index is 14.5. The van der Waals surface area contributed by atoms with E-state index in [1.165, 1.54) is 0 Å². The highest BCUT2D eigenvalue weighted by molar-refractivity contribution is 5.96. The van der Waals surface area contributed by atoms with Crippen LogP contribution >= 0.6 is 0 Å². The van der Waals surface area contributed by atoms with E-state index in [9.17, 15) is 9.59 Å². The Morgan fingerprint density at radius 1 is 0.410 bits per heavy atom. The van der Waals surface area contributed by atoms with Crippen LogP contribution in [-0.4, -0.2) is 56.1 Å². The normalized spacial score (nSPS) is 14.9. The molecule has 78 heavy (non-hydrogen) atoms. The van der Waals surface area contributed by atoms with E-state index in [1.807, 2.05) is 182 Å². The van der Waals surface area contributed by atoms with E-state index in [-0.39, 0.29) is 77.1 Å². The molecular weight excluding hydrogens is 985 g/mol. The summed E-state index contributed by atoms with van der Waals surface area (Å²) in [6.45, 7) is 5.31. The Labute approximate surface area is 455 Å². The summed E-state index contributed by atoms with van der Waals surface area (Å²) in [6.07, 6.45) is -1.54. The van der Waals surface area contributed by atoms with E-state index in [4.69, 9.17) is 42.6 Å². The molecule has 1 heterocycles. The second kappa shape index (κ2) is 27.4. The van der Waals surface area contributed by atoms with E-state index in [0.29, 0.717) is 34.5 Å². The Hall–Kier alpha value is -8.62. The van der Waals surface area contributed by atoms with E-state index in [0.717, 1.165) is 33.4 Å². The van der Waals surface area contributed by atoms with E-state index in [1.54, 1.807) is 38.1 Å². The van der Waals surface area contributed by atoms with Crippen molar-refractivity contribution in [1.29, 1.82) is 0 Å². The van der Waals surface area contributed by atoms with Crippen molar-refractivity contribution in [1.82, 2.24) is 10.6 Å². The molecule has 8 aromatic rings. The van der Waals surface area contributed by atoms with E-state index in [2.05, 4.69) is 10.6 Å². The summed E-state index contributed by atoms with van der Waals surface area (Å²) < 4.78 is 57.8. The third kappa shape index (κ3) is 16.0. The monoisotopic (exact) mass is 1050 g/mol. The fourth-order valence-electron chi connectivity index (χ4n) is 8.55. The van der Waals surface area contributed by atoms with E-state index >= 15 is 0 Å². The van der Waals surface area contributed by atoms with Crippen LogP contribution in [0.5, 0.6) is 34.5 Å². The van der Waals surface area contributed by atoms with Crippen molar-refractivity contribution in [2.75, 3.05) is 26.3 Å². The Balaban J connectivity index is 0.967. The van der Waals surface area contributed by atoms with Crippen LogP contribution < -0.4 is 39.1 Å². The van der Waals surface area contributed by atoms with Crippen LogP contribution in [0.2, 0.25) is 0 Å². The van der Waals surface area contributed by atoms with Crippen molar-refractivity contribution < 1.29 is 52.2 Å². The summed E-state index contributed by atoms with van der Waals surface area (Å²) in [4.78, 5) is 29.0. The second-order valence-corrected chi connectivity index (χ2v) is 19.0. The zero-order chi connectivity index (χ0) is 53.8. The molecule has 8 aromatic carbocycles. The van der Waals surface area contributed by atoms with Crippen molar-refractivity contribution in [2.24, 2.45) is 0 Å². The van der Waals surface area contributed by atoms with Gasteiger partial charge in [-0.1, -0.05) is 182 Å². The molecule has 13 nitrogen and oxygen atoms in total. The molecule has 0 radical (unpaired) electrons. The van der Waals surface area contributed by atoms with Crippen LogP contribution in [0.4, 0.5) is 0 Å². The van der Waals surface area contributed by atoms with Crippen molar-refractivity contribution >= 4 is 11.8 Å². The van der Waals surface area contributed by atoms with Crippen LogP contribution in [0, 0.1) is 0 Å². The molecule has 0 aromatic heterocycles. The largest absolute Gasteiger partial charge is 0.485 e. The lowest BCUT2D eigenvalue weighted by Crippen LogP contribution is -2.52. The molecule has 0 unspecified atom stereocenters. The molecular formula is C65H64N2O11. The highest BCUT2D eigenvalue weighted by Crippen LogP contribution is 2.42. The molecule has 400 valence electrons. The van der Waals surface area contributed by atoms with Crippen LogP contribution in [0.3, 0.4) is 0 Å². The van der Waals surface area contributed by atoms with Gasteiger partial charge in [-0.05, 0) is 71.5 Å². The number of hydrogen-bond donors (Lipinski definition) is 2. The Bertz CT molecular complexity index is 3000. The summed E-state index contributed by atoms with van der Waals surface area (Å²) in [5, 5.41) is 6.15. The zero-order valence-electron chi connectivity index (χ0n) is 43.8. The lowest BCUT2D eigenvalue weighted by molar-refractivity contribution is -0.277. The average molecular weight is 1050 g/mol. The standard InChI is InChI=1S/C65H64N2O11/c1-65(2)77-34-33-70-59(39-66-63(68)53-35-55(71-41-47-21-9-3-10-22-47)61(75-45-51-29-17-7-18-30-51)56(36-53)72-42-48-23-11-4-12-24-48)60(78-65)40-67-64(69)54-37-57(73-43-49-25-13-5-14-26-49)62(76-46-52-31-19-8-20-32-52)58(38-54)74-44-50-27-15-6-16-28-50/h3-32,35-38,59-60H,33-34,39-46H2,1-2H3,(H,66,68)(H,67,69)/t59-,60+/m1/s1. The molecule has 2 N–H and O–H groups in total. The topological polar surface area (TPSA) is 141 Å². The second-order valence-electron chi connectivity index (χ2n) is 19.0. The molecule has 1 fully saturated rings. The SMILES string of the molecule is CC1(C)OCCO[C@H](CNC(=O)c2cc(OCc3ccccc3)c(OCc3ccccc3)c(OCc3ccccc3)c2)[C@H](CNC(=O)c2cc(OCc3ccccc3)c(OCc3ccccc3)c(OCc3ccccc3)c2)O1. The summed E-state index contributed by atoms with van der Waals surface area (Å²) in [7, 11) is 0. The fraction of sp³-hybridized carbons (Fsp3) is 0.231. The first kappa shape index (κ1) is 54.2. The smallest absolute Gasteiger partial charge is 0.251 e. The van der Waals surface area contributed by atoms with Gasteiger partial charge in [-0.3, -0.25) is 9.59 Å². The Morgan fingerprint density at radius 2 is 0.692 bits per heavy atom. The van der Waals surface area contributed by atoms with Crippen LogP contribution in [0.15, 0.2) is 206 Å². The molecule has 1 aliphatic rings. The van der Waals surface area contributed by atoms with Gasteiger partial charge >= 0.3 is 0 Å². The van der Waals surface area contributed by atoms with Gasteiger partial charge in [0.2, 0.25) is 11.5 Å². The molecule has 0 aliphatic carbocycles. The van der Waals surface area contributed by atoms with Gasteiger partial charge < -0.3 is 53.3 Å². The number of amides is 2. The highest BCUT2D eigenvalue weighted by Gasteiger charge is 2.34. The van der Waals surface area contributed by atoms with Gasteiger partial charge in [0.05, 0.1) is 13.2 Å². The fourth-order valence-corrected chi connectivity index (χ4v) is 8.55. The van der Waals surface area contributed by atoms with Crippen molar-refractivity contribution in [3.63, 3.8) is 0 Å². The minimum Gasteiger partial charge on any atom is -0.485 e. The number of rotatable bonds is 24. The molecule has 13 heteroatoms. The lowest BCUT2D eigenvalue weighted by atomic mass is 10.1. The van der Waals surface area contributed by atoms with Gasteiger partial charge in [0.1, 0.15) is 51.8 Å². The number of ether oxygens (including phenoxy) is 9. The van der Waals surface area contributed by atoms with Gasteiger partial charge in [0.15, 0.2) is 28.8 Å². The third-order valence-electron chi connectivity index (χ3n) is 12.6. The number of carbonyl (C=O) groups excluding carboxylic acids is 2. The van der Waals surface area contributed by atoms with Crippen molar-refractivity contribution in [3.8, 4) is 34.5 Å². The number of hydrogen-bond acceptors (Lipinski definition) is 11. The quantitative estimate of drug-likeness (QED) is 0.0597. The predicted molar refractivity (Wildman–Crippen MR) is 297 cm³/mol. The Morgan fingerprint density at radius 3 is 1.00 bits per heavy atom. The first-order valence-corrected chi connectivity index (χ1v) is 26.1. The summed E-state index contributed by atoms with van der Waals surface area (Å²) in [5.41, 5.74) is 6.12. The molecule has 2 atom stereocenters. The van der Waals surface area contributed by atoms with Crippen molar-refractivity contribution in [2.45, 2.75) is 71.5 Å². The molecule has 1 saturated heterocycles. The summed E-state index contributed by atoms with van der Waals surface area (Å²) in [5.74, 6) is 0.0797. The Kier molecular flexibility index (Phi) is 19.1. The van der Waals surface area contributed by atoms with Gasteiger partial charge in [-0.25, -0.2) is 0 Å². The summed E-state index contributed by atoms with van der Waals surface area (Å²) >= 11 is 0. The van der Waals surface area contributed by atoms with Crippen LogP contribution in [0.1, 0.15) is 67.9 Å². The molecule has 0 spiro atoms. The zero-order valence-corrected chi connectivity index (χ0v) is 43.8. The van der Waals surface area contributed by atoms with Gasteiger partial charge in [0, 0.05) is 24.2 Å². The molecule has 2 amide bonds. The van der Waals surface area contributed by atoms with Gasteiger partial charge in [-0.15, -0.1) is 0 Å². The lowest BCUT2D eigenvalue weighted by Gasteiger charge is -2.37. The molecule has 9 rings (SSSR count). The van der Waals surface area contributed by atoms with Crippen molar-refractivity contribution in [3.05, 3.63) is 251 Å². The van der Waals surface area contributed by atoms with Crippen LogP contribution in [0.25, 0.3) is 0 Å². The first-order valence-electron chi connectivity index (χ1n) is 26.1. The predicted octanol–water partition coefficient (Wildman–Crippen LogP) is 11.9. The van der Waals surface area contributed by atoms with Gasteiger partial charge in [-0.2, -0.15) is 0 Å². The van der Waals surface area contributed by atoms with E-state index < -0.39 is 29.8 Å². The average Bonchev–Trinajstić information content (AvgIpc) is 3.51. The molecule has 0 bridgehead atoms. The minimum atomic E-state index is -1.07. The maximum Gasteiger partial charge on any atom is 0.251 e. The molecule has 0 saturated carbocycles. The number of benzene rings is 8. The minimum absolute atomic E-state index is 0.00448.